The third kappa shape index (κ3) is 3.02. The van der Waals surface area contributed by atoms with E-state index in [4.69, 9.17) is 4.52 Å². The molecule has 0 bridgehead atoms. The summed E-state index contributed by atoms with van der Waals surface area (Å²) in [6, 6.07) is 5.47. The lowest BCUT2D eigenvalue weighted by molar-refractivity contribution is 0.102. The topological polar surface area (TPSA) is 85.8 Å². The molecule has 1 amide bonds. The second kappa shape index (κ2) is 5.80. The summed E-state index contributed by atoms with van der Waals surface area (Å²) in [6.45, 7) is 1.89. The van der Waals surface area contributed by atoms with Gasteiger partial charge < -0.3 is 9.84 Å². The van der Waals surface area contributed by atoms with Gasteiger partial charge in [-0.25, -0.2) is 4.39 Å². The number of halogens is 1. The van der Waals surface area contributed by atoms with Crippen molar-refractivity contribution in [1.29, 1.82) is 0 Å². The Hall–Kier alpha value is -3.03. The van der Waals surface area contributed by atoms with Crippen molar-refractivity contribution in [3.05, 3.63) is 47.6 Å². The number of aromatic nitrogens is 4. The summed E-state index contributed by atoms with van der Waals surface area (Å²) in [7, 11) is 1.75. The van der Waals surface area contributed by atoms with Crippen molar-refractivity contribution >= 4 is 11.6 Å². The van der Waals surface area contributed by atoms with E-state index in [0.717, 1.165) is 5.56 Å². The first-order chi connectivity index (χ1) is 12.0. The van der Waals surface area contributed by atoms with Crippen LogP contribution in [0.15, 0.2) is 35.1 Å². The normalized spacial score (nSPS) is 19.0. The maximum Gasteiger partial charge on any atom is 0.258 e. The number of hydrogen-bond donors (Lipinski definition) is 1. The summed E-state index contributed by atoms with van der Waals surface area (Å²) in [5, 5.41) is 10.8. The minimum absolute atomic E-state index is 0.250. The zero-order valence-corrected chi connectivity index (χ0v) is 13.7. The summed E-state index contributed by atoms with van der Waals surface area (Å²) < 4.78 is 19.8. The van der Waals surface area contributed by atoms with E-state index in [2.05, 4.69) is 20.6 Å². The summed E-state index contributed by atoms with van der Waals surface area (Å²) in [5.74, 6) is 0.173. The average Bonchev–Trinajstić information content (AvgIpc) is 3.01. The fourth-order valence-corrected chi connectivity index (χ4v) is 2.55. The van der Waals surface area contributed by atoms with Gasteiger partial charge in [0.1, 0.15) is 6.17 Å². The zero-order valence-electron chi connectivity index (χ0n) is 13.7. The van der Waals surface area contributed by atoms with Gasteiger partial charge in [-0.3, -0.25) is 9.48 Å². The maximum absolute atomic E-state index is 13.1. The Morgan fingerprint density at radius 1 is 1.44 bits per heavy atom. The lowest BCUT2D eigenvalue weighted by atomic mass is 10.1. The van der Waals surface area contributed by atoms with E-state index in [-0.39, 0.29) is 11.8 Å². The third-order valence-corrected chi connectivity index (χ3v) is 4.18. The number of hydrogen-bond acceptors (Lipinski definition) is 5. The highest BCUT2D eigenvalue weighted by Crippen LogP contribution is 2.43. The Morgan fingerprint density at radius 2 is 2.24 bits per heavy atom. The van der Waals surface area contributed by atoms with E-state index >= 15 is 0 Å². The fraction of sp³-hybridized carbons (Fsp3) is 0.294. The number of anilines is 1. The van der Waals surface area contributed by atoms with Crippen LogP contribution in [0.2, 0.25) is 0 Å². The summed E-state index contributed by atoms with van der Waals surface area (Å²) in [5.41, 5.74) is 2.71. The monoisotopic (exact) mass is 341 g/mol. The van der Waals surface area contributed by atoms with E-state index in [9.17, 15) is 9.18 Å². The molecule has 2 aromatic heterocycles. The van der Waals surface area contributed by atoms with Gasteiger partial charge in [-0.2, -0.15) is 10.1 Å². The molecule has 0 saturated heterocycles. The third-order valence-electron chi connectivity index (χ3n) is 4.18. The Morgan fingerprint density at radius 3 is 2.92 bits per heavy atom. The Balaban J connectivity index is 1.58. The fourth-order valence-electron chi connectivity index (χ4n) is 2.55. The quantitative estimate of drug-likeness (QED) is 0.788. The number of benzene rings is 1. The number of carbonyl (C=O) groups is 1. The van der Waals surface area contributed by atoms with Crippen molar-refractivity contribution in [3.8, 4) is 11.4 Å². The maximum atomic E-state index is 13.1. The van der Waals surface area contributed by atoms with E-state index < -0.39 is 6.17 Å². The van der Waals surface area contributed by atoms with Crippen LogP contribution >= 0.6 is 0 Å². The molecule has 7 nitrogen and oxygen atoms in total. The van der Waals surface area contributed by atoms with Gasteiger partial charge in [0, 0.05) is 24.5 Å². The molecule has 1 aliphatic carbocycles. The van der Waals surface area contributed by atoms with Gasteiger partial charge in [0.05, 0.1) is 17.7 Å². The van der Waals surface area contributed by atoms with Crippen molar-refractivity contribution in [2.75, 3.05) is 5.32 Å². The van der Waals surface area contributed by atoms with E-state index in [1.807, 2.05) is 19.1 Å². The minimum atomic E-state index is -0.888. The standard InChI is InChI=1S/C17H16FN5O2/c1-9-3-4-10(15-21-17(25-22-15)12-6-13(12)18)5-14(9)20-16(24)11-7-19-23(2)8-11/h3-5,7-8,12-13H,6H2,1-2H3,(H,20,24)/t12-,13-/m0/s1. The van der Waals surface area contributed by atoms with Crippen LogP contribution in [0.25, 0.3) is 11.4 Å². The van der Waals surface area contributed by atoms with Crippen LogP contribution in [-0.4, -0.2) is 32.0 Å². The van der Waals surface area contributed by atoms with Crippen molar-refractivity contribution < 1.29 is 13.7 Å². The molecule has 0 unspecified atom stereocenters. The lowest BCUT2D eigenvalue weighted by Crippen LogP contribution is -2.12. The van der Waals surface area contributed by atoms with Crippen LogP contribution in [0, 0.1) is 6.92 Å². The van der Waals surface area contributed by atoms with E-state index in [1.54, 1.807) is 24.0 Å². The van der Waals surface area contributed by atoms with Crippen LogP contribution in [-0.2, 0) is 7.05 Å². The number of nitrogens with one attached hydrogen (secondary N) is 1. The molecule has 0 spiro atoms. The Kier molecular flexibility index (Phi) is 3.60. The van der Waals surface area contributed by atoms with Crippen LogP contribution in [0.1, 0.15) is 34.2 Å². The second-order valence-corrected chi connectivity index (χ2v) is 6.20. The van der Waals surface area contributed by atoms with Gasteiger partial charge >= 0.3 is 0 Å². The first-order valence-electron chi connectivity index (χ1n) is 7.90. The molecular weight excluding hydrogens is 325 g/mol. The molecule has 3 aromatic rings. The highest BCUT2D eigenvalue weighted by Gasteiger charge is 2.43. The number of amides is 1. The van der Waals surface area contributed by atoms with Gasteiger partial charge in [0.15, 0.2) is 0 Å². The summed E-state index contributed by atoms with van der Waals surface area (Å²) >= 11 is 0. The van der Waals surface area contributed by atoms with Crippen molar-refractivity contribution in [2.45, 2.75) is 25.4 Å². The minimum Gasteiger partial charge on any atom is -0.339 e. The second-order valence-electron chi connectivity index (χ2n) is 6.20. The van der Waals surface area contributed by atoms with Gasteiger partial charge in [0.2, 0.25) is 11.7 Å². The predicted molar refractivity (Wildman–Crippen MR) is 87.9 cm³/mol. The van der Waals surface area contributed by atoms with Gasteiger partial charge in [0.25, 0.3) is 5.91 Å². The average molecular weight is 341 g/mol. The van der Waals surface area contributed by atoms with E-state index in [0.29, 0.717) is 35.0 Å². The molecule has 128 valence electrons. The summed E-state index contributed by atoms with van der Waals surface area (Å²) in [4.78, 5) is 16.6. The van der Waals surface area contributed by atoms with Crippen molar-refractivity contribution in [1.82, 2.24) is 19.9 Å². The Labute approximate surface area is 142 Å². The Bertz CT molecular complexity index is 948. The number of alkyl halides is 1. The molecule has 1 aromatic carbocycles. The zero-order chi connectivity index (χ0) is 17.6. The SMILES string of the molecule is Cc1ccc(-c2noc([C@H]3C[C@@H]3F)n2)cc1NC(=O)c1cnn(C)c1. The molecule has 4 rings (SSSR count). The molecule has 0 radical (unpaired) electrons. The number of rotatable bonds is 4. The highest BCUT2D eigenvalue weighted by atomic mass is 19.1. The largest absolute Gasteiger partial charge is 0.339 e. The molecule has 25 heavy (non-hydrogen) atoms. The van der Waals surface area contributed by atoms with Gasteiger partial charge in [-0.15, -0.1) is 0 Å². The molecular formula is C17H16FN5O2. The van der Waals surface area contributed by atoms with Crippen LogP contribution in [0.4, 0.5) is 10.1 Å². The predicted octanol–water partition coefficient (Wildman–Crippen LogP) is 2.86. The van der Waals surface area contributed by atoms with Gasteiger partial charge in [-0.1, -0.05) is 17.3 Å². The number of carbonyl (C=O) groups excluding carboxylic acids is 1. The molecule has 8 heteroatoms. The molecule has 1 fully saturated rings. The first-order valence-corrected chi connectivity index (χ1v) is 7.90. The lowest BCUT2D eigenvalue weighted by Gasteiger charge is -2.08. The molecule has 2 atom stereocenters. The molecule has 1 N–H and O–H groups in total. The van der Waals surface area contributed by atoms with Crippen molar-refractivity contribution in [3.63, 3.8) is 0 Å². The molecule has 2 heterocycles. The van der Waals surface area contributed by atoms with Gasteiger partial charge in [-0.05, 0) is 25.0 Å². The molecule has 1 aliphatic rings. The number of aryl methyl sites for hydroxylation is 2. The number of nitrogens with zero attached hydrogens (tertiary/aromatic N) is 4. The summed E-state index contributed by atoms with van der Waals surface area (Å²) in [6.07, 6.45) is 2.69. The van der Waals surface area contributed by atoms with E-state index in [1.165, 1.54) is 6.20 Å². The highest BCUT2D eigenvalue weighted by molar-refractivity contribution is 6.04. The van der Waals surface area contributed by atoms with Crippen LogP contribution < -0.4 is 5.32 Å². The van der Waals surface area contributed by atoms with Crippen LogP contribution in [0.3, 0.4) is 0 Å². The smallest absolute Gasteiger partial charge is 0.258 e. The van der Waals surface area contributed by atoms with Crippen LogP contribution in [0.5, 0.6) is 0 Å². The molecule has 1 saturated carbocycles. The first kappa shape index (κ1) is 15.5. The van der Waals surface area contributed by atoms with Crippen molar-refractivity contribution in [2.24, 2.45) is 7.05 Å². The molecule has 0 aliphatic heterocycles.